The highest BCUT2D eigenvalue weighted by Gasteiger charge is 2.64. The average molecular weight is 460 g/mol. The van der Waals surface area contributed by atoms with Crippen LogP contribution >= 0.6 is 0 Å². The summed E-state index contributed by atoms with van der Waals surface area (Å²) in [6, 6.07) is 17.8. The molecule has 7 nitrogen and oxygen atoms in total. The van der Waals surface area contributed by atoms with Gasteiger partial charge in [-0.15, -0.1) is 0 Å². The Morgan fingerprint density at radius 1 is 1.15 bits per heavy atom. The monoisotopic (exact) mass is 459 g/mol. The molecular formula is C27H29N3O4. The number of fused-ring (bicyclic) bond motifs is 1. The molecule has 2 aliphatic rings. The van der Waals surface area contributed by atoms with Crippen molar-refractivity contribution in [2.24, 2.45) is 11.3 Å². The summed E-state index contributed by atoms with van der Waals surface area (Å²) in [6.07, 6.45) is 2.92. The number of nitrogens with one attached hydrogen (secondary N) is 1. The van der Waals surface area contributed by atoms with E-state index in [1.54, 1.807) is 5.48 Å². The van der Waals surface area contributed by atoms with E-state index >= 15 is 0 Å². The number of likely N-dealkylation sites (tertiary alicyclic amines) is 1. The first kappa shape index (κ1) is 22.3. The maximum absolute atomic E-state index is 13.3. The maximum Gasteiger partial charge on any atom is 0.247 e. The number of para-hydroxylation sites is 1. The second kappa shape index (κ2) is 9.06. The first-order chi connectivity index (χ1) is 16.5. The number of hydrogen-bond acceptors (Lipinski definition) is 5. The van der Waals surface area contributed by atoms with Crippen molar-refractivity contribution in [3.05, 3.63) is 71.4 Å². The van der Waals surface area contributed by atoms with E-state index in [0.717, 1.165) is 59.4 Å². The van der Waals surface area contributed by atoms with E-state index in [-0.39, 0.29) is 5.91 Å². The second-order valence-corrected chi connectivity index (χ2v) is 9.44. The molecule has 1 saturated heterocycles. The third-order valence-corrected chi connectivity index (χ3v) is 7.09. The smallest absolute Gasteiger partial charge is 0.247 e. The van der Waals surface area contributed by atoms with Gasteiger partial charge in [-0.25, -0.2) is 5.48 Å². The number of hydrogen-bond donors (Lipinski definition) is 2. The van der Waals surface area contributed by atoms with Crippen molar-refractivity contribution in [2.75, 3.05) is 13.1 Å². The van der Waals surface area contributed by atoms with Gasteiger partial charge in [0, 0.05) is 29.7 Å². The number of aromatic nitrogens is 1. The third kappa shape index (κ3) is 4.23. The van der Waals surface area contributed by atoms with Crippen molar-refractivity contribution >= 4 is 22.7 Å². The Balaban J connectivity index is 1.29. The summed E-state index contributed by atoms with van der Waals surface area (Å²) >= 11 is 0. The van der Waals surface area contributed by atoms with E-state index < -0.39 is 17.2 Å². The molecular weight excluding hydrogens is 430 g/mol. The number of aryl methyl sites for hydroxylation is 1. The average Bonchev–Trinajstić information content (AvgIpc) is 3.31. The van der Waals surface area contributed by atoms with Crippen molar-refractivity contribution in [1.82, 2.24) is 15.4 Å². The van der Waals surface area contributed by atoms with E-state index in [0.29, 0.717) is 19.4 Å². The minimum absolute atomic E-state index is 0.0267. The number of benzene rings is 2. The normalized spacial score (nSPS) is 21.5. The zero-order valence-electron chi connectivity index (χ0n) is 19.3. The van der Waals surface area contributed by atoms with Crippen molar-refractivity contribution < 1.29 is 19.5 Å². The van der Waals surface area contributed by atoms with E-state index in [9.17, 15) is 9.59 Å². The van der Waals surface area contributed by atoms with Crippen LogP contribution in [0.2, 0.25) is 0 Å². The van der Waals surface area contributed by atoms with Crippen molar-refractivity contribution in [3.8, 4) is 5.75 Å². The lowest BCUT2D eigenvalue weighted by Crippen LogP contribution is -2.39. The fourth-order valence-electron chi connectivity index (χ4n) is 5.21. The van der Waals surface area contributed by atoms with Crippen LogP contribution in [0.4, 0.5) is 0 Å². The molecule has 0 bridgehead atoms. The van der Waals surface area contributed by atoms with Gasteiger partial charge in [-0.2, -0.15) is 0 Å². The van der Waals surface area contributed by atoms with Crippen molar-refractivity contribution in [3.63, 3.8) is 0 Å². The van der Waals surface area contributed by atoms with Crippen LogP contribution < -0.4 is 10.2 Å². The summed E-state index contributed by atoms with van der Waals surface area (Å²) in [6.45, 7) is 3.89. The third-order valence-electron chi connectivity index (χ3n) is 7.09. The van der Waals surface area contributed by atoms with Gasteiger partial charge in [0.05, 0.1) is 16.8 Å². The highest BCUT2D eigenvalue weighted by molar-refractivity contribution is 5.96. The van der Waals surface area contributed by atoms with Gasteiger partial charge in [-0.1, -0.05) is 30.3 Å². The zero-order valence-corrected chi connectivity index (χ0v) is 19.3. The topological polar surface area (TPSA) is 91.8 Å². The lowest BCUT2D eigenvalue weighted by atomic mass is 9.92. The molecule has 3 aromatic rings. The van der Waals surface area contributed by atoms with E-state index in [4.69, 9.17) is 9.94 Å². The molecule has 2 aromatic carbocycles. The summed E-state index contributed by atoms with van der Waals surface area (Å²) in [5.74, 6) is -0.210. The quantitative estimate of drug-likeness (QED) is 0.414. The van der Waals surface area contributed by atoms with Crippen molar-refractivity contribution in [1.29, 1.82) is 0 Å². The van der Waals surface area contributed by atoms with Crippen LogP contribution in [0.5, 0.6) is 5.75 Å². The van der Waals surface area contributed by atoms with E-state index in [2.05, 4.69) is 11.1 Å². The Morgan fingerprint density at radius 3 is 2.62 bits per heavy atom. The first-order valence-corrected chi connectivity index (χ1v) is 11.8. The van der Waals surface area contributed by atoms with Gasteiger partial charge in [0.1, 0.15) is 12.4 Å². The molecule has 1 aliphatic heterocycles. The number of amides is 2. The molecule has 1 saturated carbocycles. The predicted octanol–water partition coefficient (Wildman–Crippen LogP) is 3.80. The predicted molar refractivity (Wildman–Crippen MR) is 127 cm³/mol. The molecule has 0 unspecified atom stereocenters. The number of pyridine rings is 1. The van der Waals surface area contributed by atoms with Gasteiger partial charge in [0.25, 0.3) is 0 Å². The van der Waals surface area contributed by atoms with E-state index in [1.807, 2.05) is 60.4 Å². The van der Waals surface area contributed by atoms with E-state index in [1.165, 1.54) is 0 Å². The SMILES string of the molecule is Cc1cc(COc2ccc(C[C@]3(C(=O)N4CCCC4)C[C@@H]3C(=O)NO)cc2)c2ccccc2n1. The number of ether oxygens (including phenoxy) is 1. The second-order valence-electron chi connectivity index (χ2n) is 9.44. The molecule has 1 aliphatic carbocycles. The molecule has 1 aromatic heterocycles. The van der Waals surface area contributed by atoms with Crippen molar-refractivity contribution in [2.45, 2.75) is 39.2 Å². The Morgan fingerprint density at radius 2 is 1.88 bits per heavy atom. The Labute approximate surface area is 198 Å². The highest BCUT2D eigenvalue weighted by Crippen LogP contribution is 2.56. The van der Waals surface area contributed by atoms with Gasteiger partial charge in [-0.05, 0) is 62.4 Å². The molecule has 0 spiro atoms. The van der Waals surface area contributed by atoms with Gasteiger partial charge < -0.3 is 9.64 Å². The van der Waals surface area contributed by atoms with Crippen LogP contribution in [-0.2, 0) is 22.6 Å². The van der Waals surface area contributed by atoms with Crippen LogP contribution in [0.3, 0.4) is 0 Å². The van der Waals surface area contributed by atoms with Gasteiger partial charge >= 0.3 is 0 Å². The van der Waals surface area contributed by atoms with Gasteiger partial charge in [-0.3, -0.25) is 19.8 Å². The van der Waals surface area contributed by atoms with Crippen LogP contribution in [0, 0.1) is 18.3 Å². The Kier molecular flexibility index (Phi) is 5.96. The molecule has 2 heterocycles. The maximum atomic E-state index is 13.3. The van der Waals surface area contributed by atoms with Gasteiger partial charge in [0.2, 0.25) is 11.8 Å². The standard InChI is InChI=1S/C27H29N3O4/c1-18-14-20(22-6-2-3-7-24(22)28-18)17-34-21-10-8-19(9-11-21)15-27(16-23(27)25(31)29-33)26(32)30-12-4-5-13-30/h2-3,6-11,14,23,33H,4-5,12-13,15-17H2,1H3,(H,29,31)/t23-,27+/m1/s1. The summed E-state index contributed by atoms with van der Waals surface area (Å²) in [5.41, 5.74) is 4.92. The molecule has 7 heteroatoms. The number of carbonyl (C=O) groups excluding carboxylic acids is 2. The Hall–Kier alpha value is -3.45. The summed E-state index contributed by atoms with van der Waals surface area (Å²) in [7, 11) is 0. The first-order valence-electron chi connectivity index (χ1n) is 11.8. The fourth-order valence-corrected chi connectivity index (χ4v) is 5.21. The molecule has 2 fully saturated rings. The number of rotatable bonds is 7. The summed E-state index contributed by atoms with van der Waals surface area (Å²) < 4.78 is 6.06. The molecule has 5 rings (SSSR count). The minimum atomic E-state index is -0.771. The molecule has 2 amide bonds. The molecule has 2 N–H and O–H groups in total. The summed E-state index contributed by atoms with van der Waals surface area (Å²) in [4.78, 5) is 31.8. The number of nitrogens with zero attached hydrogens (tertiary/aromatic N) is 2. The minimum Gasteiger partial charge on any atom is -0.489 e. The lowest BCUT2D eigenvalue weighted by Gasteiger charge is -2.24. The highest BCUT2D eigenvalue weighted by atomic mass is 16.5. The lowest BCUT2D eigenvalue weighted by molar-refractivity contribution is -0.140. The van der Waals surface area contributed by atoms with Gasteiger partial charge in [0.15, 0.2) is 0 Å². The summed E-state index contributed by atoms with van der Waals surface area (Å²) in [5, 5.41) is 10.2. The van der Waals surface area contributed by atoms with Crippen LogP contribution in [0.25, 0.3) is 10.9 Å². The van der Waals surface area contributed by atoms with Crippen LogP contribution in [0.1, 0.15) is 36.1 Å². The number of carbonyl (C=O) groups is 2. The Bertz CT molecular complexity index is 1220. The largest absolute Gasteiger partial charge is 0.489 e. The fraction of sp³-hybridized carbons (Fsp3) is 0.370. The van der Waals surface area contributed by atoms with Crippen LogP contribution in [-0.4, -0.2) is 40.0 Å². The molecule has 2 atom stereocenters. The molecule has 34 heavy (non-hydrogen) atoms. The molecule has 0 radical (unpaired) electrons. The van der Waals surface area contributed by atoms with Crippen LogP contribution in [0.15, 0.2) is 54.6 Å². The number of hydroxylamine groups is 1. The molecule has 176 valence electrons. The zero-order chi connectivity index (χ0) is 23.7.